The first-order chi connectivity index (χ1) is 9.18. The van der Waals surface area contributed by atoms with Gasteiger partial charge in [-0.1, -0.05) is 6.92 Å². The summed E-state index contributed by atoms with van der Waals surface area (Å²) in [5.41, 5.74) is 2.53. The number of aliphatic hydroxyl groups excluding tert-OH is 1. The third-order valence-corrected chi connectivity index (χ3v) is 4.17. The van der Waals surface area contributed by atoms with Crippen LogP contribution in [0.4, 0.5) is 0 Å². The third kappa shape index (κ3) is 3.57. The zero-order valence-electron chi connectivity index (χ0n) is 12.3. The van der Waals surface area contributed by atoms with Crippen molar-refractivity contribution in [2.45, 2.75) is 64.5 Å². The SMILES string of the molecule is CCCNC(C)(CO)CCn1cnc2c1CCCC2. The van der Waals surface area contributed by atoms with Crippen molar-refractivity contribution in [3.63, 3.8) is 0 Å². The number of aryl methyl sites for hydroxylation is 2. The van der Waals surface area contributed by atoms with E-state index < -0.39 is 0 Å². The van der Waals surface area contributed by atoms with E-state index in [1.54, 1.807) is 0 Å². The molecule has 1 aliphatic carbocycles. The summed E-state index contributed by atoms with van der Waals surface area (Å²) in [6, 6.07) is 0. The summed E-state index contributed by atoms with van der Waals surface area (Å²) >= 11 is 0. The number of aliphatic hydroxyl groups is 1. The molecule has 1 unspecified atom stereocenters. The molecule has 108 valence electrons. The van der Waals surface area contributed by atoms with Crippen LogP contribution >= 0.6 is 0 Å². The van der Waals surface area contributed by atoms with Gasteiger partial charge in [-0.2, -0.15) is 0 Å². The molecule has 0 saturated heterocycles. The van der Waals surface area contributed by atoms with Crippen molar-refractivity contribution in [2.24, 2.45) is 0 Å². The van der Waals surface area contributed by atoms with Crippen LogP contribution in [0.1, 0.15) is 50.9 Å². The van der Waals surface area contributed by atoms with Gasteiger partial charge in [0.1, 0.15) is 0 Å². The van der Waals surface area contributed by atoms with Crippen LogP contribution in [0.15, 0.2) is 6.33 Å². The number of imidazole rings is 1. The van der Waals surface area contributed by atoms with Crippen LogP contribution in [0.2, 0.25) is 0 Å². The Labute approximate surface area is 116 Å². The Morgan fingerprint density at radius 3 is 2.95 bits per heavy atom. The number of nitrogens with one attached hydrogen (secondary N) is 1. The van der Waals surface area contributed by atoms with Gasteiger partial charge < -0.3 is 15.0 Å². The molecular weight excluding hydrogens is 238 g/mol. The lowest BCUT2D eigenvalue weighted by atomic mass is 9.97. The van der Waals surface area contributed by atoms with Crippen LogP contribution in [0, 0.1) is 0 Å². The highest BCUT2D eigenvalue weighted by molar-refractivity contribution is 5.16. The average molecular weight is 265 g/mol. The first kappa shape index (κ1) is 14.5. The minimum atomic E-state index is -0.179. The molecule has 0 spiro atoms. The van der Waals surface area contributed by atoms with Crippen molar-refractivity contribution >= 4 is 0 Å². The summed E-state index contributed by atoms with van der Waals surface area (Å²) in [6.45, 7) is 6.34. The lowest BCUT2D eigenvalue weighted by Gasteiger charge is -2.29. The van der Waals surface area contributed by atoms with E-state index in [9.17, 15) is 5.11 Å². The standard InChI is InChI=1S/C15H27N3O/c1-3-9-17-15(2,11-19)8-10-18-12-16-13-6-4-5-7-14(13)18/h12,17,19H,3-11H2,1-2H3. The third-order valence-electron chi connectivity index (χ3n) is 4.17. The van der Waals surface area contributed by atoms with Gasteiger partial charge in [-0.3, -0.25) is 0 Å². The van der Waals surface area contributed by atoms with Crippen molar-refractivity contribution in [2.75, 3.05) is 13.2 Å². The lowest BCUT2D eigenvalue weighted by Crippen LogP contribution is -2.46. The van der Waals surface area contributed by atoms with Gasteiger partial charge in [-0.05, 0) is 52.0 Å². The molecule has 0 fully saturated rings. The molecule has 1 heterocycles. The van der Waals surface area contributed by atoms with E-state index in [4.69, 9.17) is 0 Å². The van der Waals surface area contributed by atoms with Gasteiger partial charge in [0, 0.05) is 17.8 Å². The molecule has 1 aromatic heterocycles. The van der Waals surface area contributed by atoms with Crippen LogP contribution in [-0.4, -0.2) is 33.3 Å². The van der Waals surface area contributed by atoms with E-state index in [2.05, 4.69) is 28.7 Å². The van der Waals surface area contributed by atoms with E-state index in [0.717, 1.165) is 38.8 Å². The fourth-order valence-electron chi connectivity index (χ4n) is 2.74. The average Bonchev–Trinajstić information content (AvgIpc) is 2.86. The summed E-state index contributed by atoms with van der Waals surface area (Å²) in [5, 5.41) is 13.0. The minimum absolute atomic E-state index is 0.179. The van der Waals surface area contributed by atoms with Crippen LogP contribution in [0.3, 0.4) is 0 Å². The Kier molecular flexibility index (Phi) is 4.99. The Balaban J connectivity index is 1.95. The van der Waals surface area contributed by atoms with Crippen LogP contribution in [-0.2, 0) is 19.4 Å². The fourth-order valence-corrected chi connectivity index (χ4v) is 2.74. The zero-order chi connectivity index (χ0) is 13.7. The summed E-state index contributed by atoms with van der Waals surface area (Å²) in [5.74, 6) is 0. The molecule has 2 N–H and O–H groups in total. The summed E-state index contributed by atoms with van der Waals surface area (Å²) < 4.78 is 2.29. The molecule has 19 heavy (non-hydrogen) atoms. The molecule has 2 rings (SSSR count). The highest BCUT2D eigenvalue weighted by Crippen LogP contribution is 2.21. The quantitative estimate of drug-likeness (QED) is 0.791. The maximum atomic E-state index is 9.59. The number of nitrogens with zero attached hydrogens (tertiary/aromatic N) is 2. The maximum absolute atomic E-state index is 9.59. The number of rotatable bonds is 7. The highest BCUT2D eigenvalue weighted by atomic mass is 16.3. The molecule has 4 heteroatoms. The zero-order valence-corrected chi connectivity index (χ0v) is 12.3. The van der Waals surface area contributed by atoms with E-state index in [0.29, 0.717) is 0 Å². The molecule has 0 aliphatic heterocycles. The molecule has 0 bridgehead atoms. The van der Waals surface area contributed by atoms with Gasteiger partial charge in [0.05, 0.1) is 18.6 Å². The number of hydrogen-bond donors (Lipinski definition) is 2. The largest absolute Gasteiger partial charge is 0.394 e. The van der Waals surface area contributed by atoms with Gasteiger partial charge in [0.25, 0.3) is 0 Å². The van der Waals surface area contributed by atoms with E-state index in [-0.39, 0.29) is 12.1 Å². The topological polar surface area (TPSA) is 50.1 Å². The molecule has 1 aliphatic rings. The Morgan fingerprint density at radius 1 is 1.42 bits per heavy atom. The van der Waals surface area contributed by atoms with Gasteiger partial charge in [-0.15, -0.1) is 0 Å². The predicted octanol–water partition coefficient (Wildman–Crippen LogP) is 1.90. The van der Waals surface area contributed by atoms with Crippen LogP contribution in [0.5, 0.6) is 0 Å². The second-order valence-corrected chi connectivity index (χ2v) is 5.93. The highest BCUT2D eigenvalue weighted by Gasteiger charge is 2.23. The predicted molar refractivity (Wildman–Crippen MR) is 77.3 cm³/mol. The Bertz CT molecular complexity index is 402. The van der Waals surface area contributed by atoms with Gasteiger partial charge in [0.2, 0.25) is 0 Å². The first-order valence-electron chi connectivity index (χ1n) is 7.57. The molecular formula is C15H27N3O. The second-order valence-electron chi connectivity index (χ2n) is 5.93. The molecule has 0 radical (unpaired) electrons. The second kappa shape index (κ2) is 6.53. The van der Waals surface area contributed by atoms with E-state index in [1.165, 1.54) is 24.2 Å². The Hall–Kier alpha value is -0.870. The van der Waals surface area contributed by atoms with Crippen molar-refractivity contribution in [3.8, 4) is 0 Å². The molecule has 0 saturated carbocycles. The number of fused-ring (bicyclic) bond motifs is 1. The normalized spacial score (nSPS) is 18.1. The van der Waals surface area contributed by atoms with Crippen molar-refractivity contribution < 1.29 is 5.11 Å². The van der Waals surface area contributed by atoms with Crippen molar-refractivity contribution in [1.29, 1.82) is 0 Å². The molecule has 1 aromatic rings. The van der Waals surface area contributed by atoms with Crippen LogP contribution < -0.4 is 5.32 Å². The van der Waals surface area contributed by atoms with E-state index in [1.807, 2.05) is 6.33 Å². The first-order valence-corrected chi connectivity index (χ1v) is 7.57. The van der Waals surface area contributed by atoms with Gasteiger partial charge in [-0.25, -0.2) is 4.98 Å². The van der Waals surface area contributed by atoms with Crippen molar-refractivity contribution in [3.05, 3.63) is 17.7 Å². The summed E-state index contributed by atoms with van der Waals surface area (Å²) in [7, 11) is 0. The van der Waals surface area contributed by atoms with E-state index >= 15 is 0 Å². The molecule has 0 amide bonds. The summed E-state index contributed by atoms with van der Waals surface area (Å²) in [6.07, 6.45) is 8.86. The summed E-state index contributed by atoms with van der Waals surface area (Å²) in [4.78, 5) is 4.53. The molecule has 1 atom stereocenters. The van der Waals surface area contributed by atoms with Gasteiger partial charge in [0.15, 0.2) is 0 Å². The van der Waals surface area contributed by atoms with Crippen molar-refractivity contribution in [1.82, 2.24) is 14.9 Å². The monoisotopic (exact) mass is 265 g/mol. The smallest absolute Gasteiger partial charge is 0.0951 e. The van der Waals surface area contributed by atoms with Gasteiger partial charge >= 0.3 is 0 Å². The minimum Gasteiger partial charge on any atom is -0.394 e. The Morgan fingerprint density at radius 2 is 2.21 bits per heavy atom. The number of hydrogen-bond acceptors (Lipinski definition) is 3. The molecule has 4 nitrogen and oxygen atoms in total. The lowest BCUT2D eigenvalue weighted by molar-refractivity contribution is 0.161. The number of aromatic nitrogens is 2. The molecule has 0 aromatic carbocycles. The maximum Gasteiger partial charge on any atom is 0.0951 e. The van der Waals surface area contributed by atoms with Crippen LogP contribution in [0.25, 0.3) is 0 Å². The fraction of sp³-hybridized carbons (Fsp3) is 0.800.